The number of nitrogens with zero attached hydrogens (tertiary/aromatic N) is 2. The van der Waals surface area contributed by atoms with Crippen LogP contribution in [-0.4, -0.2) is 48.0 Å². The molecule has 1 saturated heterocycles. The number of anilines is 1. The molecule has 10 heteroatoms. The highest BCUT2D eigenvalue weighted by Gasteiger charge is 2.75. The zero-order chi connectivity index (χ0) is 29.9. The predicted molar refractivity (Wildman–Crippen MR) is 157 cm³/mol. The molecule has 2 bridgehead atoms. The molecule has 1 saturated carbocycles. The van der Waals surface area contributed by atoms with Gasteiger partial charge in [-0.1, -0.05) is 24.8 Å². The number of benzene rings is 3. The highest BCUT2D eigenvalue weighted by molar-refractivity contribution is 8.04. The van der Waals surface area contributed by atoms with Gasteiger partial charge in [0.05, 0.1) is 35.0 Å². The van der Waals surface area contributed by atoms with Crippen LogP contribution in [-0.2, 0) is 25.8 Å². The minimum Gasteiger partial charge on any atom is -0.373 e. The highest BCUT2D eigenvalue weighted by atomic mass is 32.2. The molecule has 1 unspecified atom stereocenters. The van der Waals surface area contributed by atoms with Crippen molar-refractivity contribution < 1.29 is 31.7 Å². The second kappa shape index (κ2) is 8.39. The van der Waals surface area contributed by atoms with Crippen LogP contribution >= 0.6 is 11.8 Å². The third kappa shape index (κ3) is 2.99. The lowest BCUT2D eigenvalue weighted by atomic mass is 9.49. The Morgan fingerprint density at radius 3 is 2.43 bits per heavy atom. The summed E-state index contributed by atoms with van der Waals surface area (Å²) in [7, 11) is -1.03. The van der Waals surface area contributed by atoms with E-state index in [4.69, 9.17) is 4.74 Å². The molecule has 2 fully saturated rings. The molecule has 0 N–H and O–H groups in total. The lowest BCUT2D eigenvalue weighted by molar-refractivity contribution is -0.519. The molecule has 0 radical (unpaired) electrons. The fourth-order valence-electron chi connectivity index (χ4n) is 9.68. The number of piperidine rings is 1. The van der Waals surface area contributed by atoms with E-state index in [-0.39, 0.29) is 34.8 Å². The molecule has 1 aliphatic carbocycles. The Hall–Kier alpha value is -3.08. The van der Waals surface area contributed by atoms with E-state index in [1.165, 1.54) is 23.4 Å². The van der Waals surface area contributed by atoms with Crippen molar-refractivity contribution in [3.05, 3.63) is 82.9 Å². The van der Waals surface area contributed by atoms with Crippen molar-refractivity contribution in [1.82, 2.24) is 0 Å². The average molecular weight is 635 g/mol. The van der Waals surface area contributed by atoms with E-state index in [2.05, 4.69) is 23.6 Å². The van der Waals surface area contributed by atoms with Crippen LogP contribution in [0.2, 0.25) is 0 Å². The number of ether oxygens (including phenoxy) is 1. The Bertz CT molecular complexity index is 1920. The van der Waals surface area contributed by atoms with Crippen molar-refractivity contribution in [3.63, 3.8) is 0 Å². The summed E-state index contributed by atoms with van der Waals surface area (Å²) in [6, 6.07) is 10.7. The minimum atomic E-state index is -1.03. The number of hydrogen-bond acceptors (Lipinski definition) is 3. The molecule has 222 valence electrons. The van der Waals surface area contributed by atoms with Gasteiger partial charge in [-0.2, -0.15) is 0 Å². The summed E-state index contributed by atoms with van der Waals surface area (Å²) < 4.78 is 67.3. The Morgan fingerprint density at radius 2 is 1.70 bits per heavy atom. The first kappa shape index (κ1) is 26.2. The Labute approximate surface area is 258 Å². The number of amides is 1. The van der Waals surface area contributed by atoms with Gasteiger partial charge < -0.3 is 9.64 Å². The quantitative estimate of drug-likeness (QED) is 0.105. The second-order valence-electron chi connectivity index (χ2n) is 13.2. The molecule has 1 amide bonds. The van der Waals surface area contributed by atoms with E-state index in [0.717, 1.165) is 66.0 Å². The smallest absolute Gasteiger partial charge is 0.229 e. The standard InChI is InChI=1S/C34H26F4N2O2S2/c1-33-14-29-34-5-6-39(29)15-16(33)4-7-42-24-13-30(41)40(32(34)31(24)33)23-3-2-17(8-18(23)34)44-27-11-21(37)19(35)9-25(27)43-26-10-20(36)22(38)12-28(26)44/h2-4,8-12,24,31-32H,5-7,13-15H2,1H3/q+2/t24-,31?,32-,33-,34+/m0/s1. The van der Waals surface area contributed by atoms with Crippen molar-refractivity contribution in [1.29, 1.82) is 0 Å². The summed E-state index contributed by atoms with van der Waals surface area (Å²) >= 11 is 1.12. The SMILES string of the molecule is C[C@]12CC3=[N+]4CC[C@@]35c3cc([S+]6c7cc(F)c(F)cc7Sc7cc(F)c(F)cc76)ccc3N3C(=O)C[C@H](OCC=C1C4)C2[C@H]35. The summed E-state index contributed by atoms with van der Waals surface area (Å²) in [4.78, 5) is 18.9. The largest absolute Gasteiger partial charge is 0.373 e. The maximum Gasteiger partial charge on any atom is 0.229 e. The molecule has 7 aliphatic rings. The maximum absolute atomic E-state index is 14.8. The predicted octanol–water partition coefficient (Wildman–Crippen LogP) is 6.38. The fraction of sp³-hybridized carbons (Fsp3) is 0.353. The van der Waals surface area contributed by atoms with Crippen LogP contribution < -0.4 is 4.90 Å². The molecular weight excluding hydrogens is 609 g/mol. The van der Waals surface area contributed by atoms with Crippen molar-refractivity contribution >= 4 is 40.0 Å². The summed E-state index contributed by atoms with van der Waals surface area (Å²) in [5.41, 5.74) is 4.27. The van der Waals surface area contributed by atoms with Gasteiger partial charge in [0.15, 0.2) is 50.2 Å². The van der Waals surface area contributed by atoms with Gasteiger partial charge in [-0.15, -0.1) is 0 Å². The molecule has 10 rings (SSSR count). The van der Waals surface area contributed by atoms with Crippen molar-refractivity contribution in [2.75, 3.05) is 24.6 Å². The number of fused-ring (bicyclic) bond motifs is 4. The Balaban J connectivity index is 1.22. The molecule has 0 aromatic heterocycles. The molecule has 3 aromatic rings. The zero-order valence-electron chi connectivity index (χ0n) is 23.6. The normalized spacial score (nSPS) is 32.3. The molecule has 1 spiro atoms. The topological polar surface area (TPSA) is 32.5 Å². The number of hydrogen-bond donors (Lipinski definition) is 0. The second-order valence-corrected chi connectivity index (χ2v) is 16.3. The molecule has 6 aliphatic heterocycles. The Kier molecular flexibility index (Phi) is 4.99. The van der Waals surface area contributed by atoms with E-state index < -0.39 is 34.2 Å². The van der Waals surface area contributed by atoms with Gasteiger partial charge in [0.25, 0.3) is 0 Å². The summed E-state index contributed by atoms with van der Waals surface area (Å²) in [6.45, 7) is 4.64. The van der Waals surface area contributed by atoms with E-state index in [1.807, 2.05) is 17.0 Å². The van der Waals surface area contributed by atoms with Gasteiger partial charge in [0.1, 0.15) is 22.9 Å². The van der Waals surface area contributed by atoms with Crippen LogP contribution in [0.3, 0.4) is 0 Å². The summed E-state index contributed by atoms with van der Waals surface area (Å²) in [5.74, 6) is -3.71. The lowest BCUT2D eigenvalue weighted by Gasteiger charge is -2.57. The van der Waals surface area contributed by atoms with E-state index in [0.29, 0.717) is 32.6 Å². The molecule has 3 aromatic carbocycles. The highest BCUT2D eigenvalue weighted by Crippen LogP contribution is 2.66. The molecule has 6 heterocycles. The maximum atomic E-state index is 14.8. The lowest BCUT2D eigenvalue weighted by Crippen LogP contribution is -2.69. The monoisotopic (exact) mass is 634 g/mol. The van der Waals surface area contributed by atoms with Gasteiger partial charge in [-0.3, -0.25) is 4.79 Å². The van der Waals surface area contributed by atoms with E-state index in [9.17, 15) is 22.4 Å². The minimum absolute atomic E-state index is 0.0653. The van der Waals surface area contributed by atoms with Crippen molar-refractivity contribution in [2.45, 2.75) is 68.2 Å². The summed E-state index contributed by atoms with van der Waals surface area (Å²) in [6.07, 6.45) is 4.21. The third-order valence-corrected chi connectivity index (χ3v) is 15.1. The molecular formula is C34H26F4N2O2S2+2. The van der Waals surface area contributed by atoms with Crippen molar-refractivity contribution in [3.8, 4) is 0 Å². The van der Waals surface area contributed by atoms with Crippen LogP contribution in [0, 0.1) is 34.6 Å². The van der Waals surface area contributed by atoms with Crippen LogP contribution in [0.15, 0.2) is 78.6 Å². The average Bonchev–Trinajstić information content (AvgIpc) is 3.46. The van der Waals surface area contributed by atoms with Gasteiger partial charge >= 0.3 is 0 Å². The number of carbonyl (C=O) groups is 1. The fourth-order valence-corrected chi connectivity index (χ4v) is 13.5. The molecule has 5 atom stereocenters. The van der Waals surface area contributed by atoms with Crippen LogP contribution in [0.25, 0.3) is 0 Å². The van der Waals surface area contributed by atoms with Gasteiger partial charge in [-0.25, -0.2) is 22.1 Å². The van der Waals surface area contributed by atoms with Gasteiger partial charge in [0, 0.05) is 48.1 Å². The van der Waals surface area contributed by atoms with Crippen LogP contribution in [0.5, 0.6) is 0 Å². The zero-order valence-corrected chi connectivity index (χ0v) is 25.3. The number of carbonyl (C=O) groups excluding carboxylic acids is 1. The number of halogens is 4. The summed E-state index contributed by atoms with van der Waals surface area (Å²) in [5, 5.41) is 0. The van der Waals surface area contributed by atoms with E-state index in [1.54, 1.807) is 0 Å². The van der Waals surface area contributed by atoms with Gasteiger partial charge in [-0.05, 0) is 35.4 Å². The Morgan fingerprint density at radius 1 is 1.00 bits per heavy atom. The van der Waals surface area contributed by atoms with Gasteiger partial charge in [0.2, 0.25) is 5.91 Å². The first-order valence-corrected chi connectivity index (χ1v) is 17.0. The van der Waals surface area contributed by atoms with Crippen molar-refractivity contribution in [2.24, 2.45) is 11.3 Å². The number of rotatable bonds is 1. The van der Waals surface area contributed by atoms with Crippen LogP contribution in [0.4, 0.5) is 23.2 Å². The molecule has 4 nitrogen and oxygen atoms in total. The molecule has 44 heavy (non-hydrogen) atoms. The first-order chi connectivity index (χ1) is 21.2. The van der Waals surface area contributed by atoms with E-state index >= 15 is 0 Å². The third-order valence-electron chi connectivity index (χ3n) is 11.4. The first-order valence-electron chi connectivity index (χ1n) is 15.0. The van der Waals surface area contributed by atoms with Crippen LogP contribution in [0.1, 0.15) is 31.7 Å².